The summed E-state index contributed by atoms with van der Waals surface area (Å²) in [6, 6.07) is 0. The molecule has 0 aliphatic heterocycles. The summed E-state index contributed by atoms with van der Waals surface area (Å²) in [5.41, 5.74) is 0. The first-order chi connectivity index (χ1) is 1.00. The zero-order valence-electron chi connectivity index (χ0n) is 2.19. The van der Waals surface area contributed by atoms with Crippen LogP contribution in [0.5, 0.6) is 0 Å². The Labute approximate surface area is 34.1 Å². The van der Waals surface area contributed by atoms with E-state index >= 15 is 0 Å². The second kappa shape index (κ2) is 158. The van der Waals surface area contributed by atoms with Gasteiger partial charge in [0.15, 0.2) is 0 Å². The molecule has 0 N–H and O–H groups in total. The van der Waals surface area contributed by atoms with Gasteiger partial charge in [0.25, 0.3) is 0 Å². The van der Waals surface area contributed by atoms with Crippen molar-refractivity contribution >= 4 is 17.0 Å². The lowest BCUT2D eigenvalue weighted by Gasteiger charge is -1.10. The van der Waals surface area contributed by atoms with Crippen molar-refractivity contribution in [2.75, 3.05) is 7.18 Å². The van der Waals surface area contributed by atoms with Crippen molar-refractivity contribution < 1.29 is 9.09 Å². The standard InChI is InChI=1S/CH3F.BrH.FH/c1-2;;/h1H3;2*1H. The van der Waals surface area contributed by atoms with Gasteiger partial charge in [-0.3, -0.25) is 9.09 Å². The van der Waals surface area contributed by atoms with Gasteiger partial charge in [-0.05, 0) is 0 Å². The van der Waals surface area contributed by atoms with E-state index in [0.717, 1.165) is 0 Å². The Morgan fingerprint density at radius 3 is 1.25 bits per heavy atom. The molecule has 30 valence electrons. The molecule has 4 heavy (non-hydrogen) atoms. The first-order valence-corrected chi connectivity index (χ1v) is 0.378. The predicted octanol–water partition coefficient (Wildman–Crippen LogP) is 1.32. The maximum absolute atomic E-state index is 9.50. The van der Waals surface area contributed by atoms with Crippen LogP contribution in [0.1, 0.15) is 0 Å². The molecule has 0 unspecified atom stereocenters. The molecule has 0 fully saturated rings. The summed E-state index contributed by atoms with van der Waals surface area (Å²) >= 11 is 0. The molecule has 0 amide bonds. The number of alkyl halides is 1. The molecule has 0 saturated heterocycles. The van der Waals surface area contributed by atoms with Gasteiger partial charge in [-0.15, -0.1) is 17.0 Å². The van der Waals surface area contributed by atoms with Crippen LogP contribution in [0.15, 0.2) is 0 Å². The summed E-state index contributed by atoms with van der Waals surface area (Å²) in [5, 5.41) is 0. The highest BCUT2D eigenvalue weighted by molar-refractivity contribution is 8.93. The van der Waals surface area contributed by atoms with Crippen LogP contribution in [0.3, 0.4) is 0 Å². The first kappa shape index (κ1) is 27.0. The Morgan fingerprint density at radius 1 is 1.25 bits per heavy atom. The summed E-state index contributed by atoms with van der Waals surface area (Å²) in [4.78, 5) is 0. The fourth-order valence-electron chi connectivity index (χ4n) is 0. The van der Waals surface area contributed by atoms with E-state index < -0.39 is 0 Å². The molecule has 0 saturated carbocycles. The molecule has 0 atom stereocenters. The van der Waals surface area contributed by atoms with Crippen LogP contribution in [0.4, 0.5) is 9.09 Å². The molecule has 0 aliphatic rings. The van der Waals surface area contributed by atoms with E-state index in [2.05, 4.69) is 0 Å². The zero-order chi connectivity index (χ0) is 2.00. The summed E-state index contributed by atoms with van der Waals surface area (Å²) in [6.45, 7) is 0. The molecule has 0 aromatic carbocycles. The van der Waals surface area contributed by atoms with Crippen molar-refractivity contribution in [1.82, 2.24) is 0 Å². The van der Waals surface area contributed by atoms with E-state index in [0.29, 0.717) is 7.18 Å². The zero-order valence-corrected chi connectivity index (χ0v) is 3.91. The average Bonchev–Trinajstić information content (AvgIpc) is 1.00. The van der Waals surface area contributed by atoms with Gasteiger partial charge >= 0.3 is 0 Å². The van der Waals surface area contributed by atoms with E-state index in [1.165, 1.54) is 0 Å². The van der Waals surface area contributed by atoms with E-state index in [1.807, 2.05) is 0 Å². The highest BCUT2D eigenvalue weighted by Gasteiger charge is 0.926. The largest absolute Gasteiger partial charge is 0.269 e. The van der Waals surface area contributed by atoms with E-state index in [1.54, 1.807) is 0 Å². The quantitative estimate of drug-likeness (QED) is 0.469. The van der Waals surface area contributed by atoms with Crippen LogP contribution in [-0.4, -0.2) is 7.18 Å². The van der Waals surface area contributed by atoms with Gasteiger partial charge in [-0.25, -0.2) is 0 Å². The third-order valence-electron chi connectivity index (χ3n) is 0. The predicted molar refractivity (Wildman–Crippen MR) is 19.9 cm³/mol. The highest BCUT2D eigenvalue weighted by atomic mass is 79.9. The number of halogens is 3. The minimum atomic E-state index is 0. The molecule has 0 heterocycles. The third kappa shape index (κ3) is 36.3. The van der Waals surface area contributed by atoms with Gasteiger partial charge < -0.3 is 0 Å². The fraction of sp³-hybridized carbons (Fsp3) is 1.00. The maximum atomic E-state index is 9.50. The normalized spacial score (nSPS) is 1.50. The van der Waals surface area contributed by atoms with Gasteiger partial charge in [0.2, 0.25) is 0 Å². The number of hydrogen-bond acceptors (Lipinski definition) is 0. The molecule has 0 aliphatic carbocycles. The molecule has 0 aromatic heterocycles. The maximum Gasteiger partial charge on any atom is 0.0785 e. The molecule has 3 heteroatoms. The minimum absolute atomic E-state index is 0. The van der Waals surface area contributed by atoms with Gasteiger partial charge in [0, 0.05) is 0 Å². The molecular weight excluding hydrogens is 130 g/mol. The average molecular weight is 135 g/mol. The van der Waals surface area contributed by atoms with Crippen LogP contribution < -0.4 is 0 Å². The van der Waals surface area contributed by atoms with Crippen LogP contribution in [-0.2, 0) is 0 Å². The SMILES string of the molecule is Br.CF.F. The summed E-state index contributed by atoms with van der Waals surface area (Å²) in [7, 11) is 0.500. The third-order valence-corrected chi connectivity index (χ3v) is 0. The van der Waals surface area contributed by atoms with E-state index in [9.17, 15) is 4.39 Å². The van der Waals surface area contributed by atoms with Gasteiger partial charge in [-0.2, -0.15) is 0 Å². The van der Waals surface area contributed by atoms with Crippen molar-refractivity contribution in [3.63, 3.8) is 0 Å². The summed E-state index contributed by atoms with van der Waals surface area (Å²) < 4.78 is 9.50. The summed E-state index contributed by atoms with van der Waals surface area (Å²) in [5.74, 6) is 0. The van der Waals surface area contributed by atoms with Crippen LogP contribution in [0.25, 0.3) is 0 Å². The second-order valence-corrected chi connectivity index (χ2v) is 0. The molecule has 0 spiro atoms. The van der Waals surface area contributed by atoms with Crippen molar-refractivity contribution in [2.45, 2.75) is 0 Å². The van der Waals surface area contributed by atoms with Crippen molar-refractivity contribution in [3.8, 4) is 0 Å². The first-order valence-electron chi connectivity index (χ1n) is 0.378. The topological polar surface area (TPSA) is 0 Å². The minimum Gasteiger partial charge on any atom is -0.269 e. The Kier molecular flexibility index (Phi) is 1070. The number of rotatable bonds is 0. The Hall–Kier alpha value is 0.340. The van der Waals surface area contributed by atoms with Crippen LogP contribution >= 0.6 is 17.0 Å². The van der Waals surface area contributed by atoms with Gasteiger partial charge in [0.1, 0.15) is 0 Å². The second-order valence-electron chi connectivity index (χ2n) is 0. The fourth-order valence-corrected chi connectivity index (χ4v) is 0. The lowest BCUT2D eigenvalue weighted by atomic mass is 11.9. The van der Waals surface area contributed by atoms with Gasteiger partial charge in [0.05, 0.1) is 7.18 Å². The van der Waals surface area contributed by atoms with Crippen molar-refractivity contribution in [3.05, 3.63) is 0 Å². The molecular formula is CH5BrF2. The Balaban J connectivity index is -0.00000000500. The Bertz CT molecular complexity index is 6.00. The molecule has 0 aromatic rings. The van der Waals surface area contributed by atoms with E-state index in [-0.39, 0.29) is 21.7 Å². The van der Waals surface area contributed by atoms with Gasteiger partial charge in [-0.1, -0.05) is 0 Å². The molecule has 0 bridgehead atoms. The van der Waals surface area contributed by atoms with E-state index in [4.69, 9.17) is 0 Å². The monoisotopic (exact) mass is 134 g/mol. The van der Waals surface area contributed by atoms with Crippen molar-refractivity contribution in [1.29, 1.82) is 0 Å². The molecule has 0 radical (unpaired) electrons. The molecule has 0 rings (SSSR count). The Morgan fingerprint density at radius 2 is 1.25 bits per heavy atom. The smallest absolute Gasteiger partial charge is 0.0785 e. The highest BCUT2D eigenvalue weighted by Crippen LogP contribution is 1.16. The summed E-state index contributed by atoms with van der Waals surface area (Å²) in [6.07, 6.45) is 0. The lowest BCUT2D eigenvalue weighted by molar-refractivity contribution is 0.636. The molecule has 0 nitrogen and oxygen atoms in total. The number of hydrogen-bond donors (Lipinski definition) is 0. The van der Waals surface area contributed by atoms with Crippen LogP contribution in [0, 0.1) is 0 Å². The van der Waals surface area contributed by atoms with Crippen LogP contribution in [0.2, 0.25) is 0 Å². The lowest BCUT2D eigenvalue weighted by Crippen LogP contribution is -0.939. The van der Waals surface area contributed by atoms with Crippen molar-refractivity contribution in [2.24, 2.45) is 0 Å².